The molecule has 0 saturated carbocycles. The molecule has 1 saturated heterocycles. The first-order valence-electron chi connectivity index (χ1n) is 8.74. The van der Waals surface area contributed by atoms with Gasteiger partial charge in [0.15, 0.2) is 0 Å². The smallest absolute Gasteiger partial charge is 0.257 e. The minimum Gasteiger partial charge on any atom is -0.352 e. The van der Waals surface area contributed by atoms with E-state index in [0.717, 1.165) is 5.56 Å². The Labute approximate surface area is 152 Å². The van der Waals surface area contributed by atoms with Crippen molar-refractivity contribution in [2.24, 2.45) is 13.0 Å². The minimum atomic E-state index is -0.265. The molecule has 1 aliphatic heterocycles. The molecule has 2 heterocycles. The Balaban J connectivity index is 1.48. The Morgan fingerprint density at radius 2 is 2.04 bits per heavy atom. The third-order valence-corrected chi connectivity index (χ3v) is 4.81. The van der Waals surface area contributed by atoms with Gasteiger partial charge in [0, 0.05) is 38.8 Å². The maximum Gasteiger partial charge on any atom is 0.257 e. The number of carbonyl (C=O) groups is 2. The van der Waals surface area contributed by atoms with Gasteiger partial charge in [0.25, 0.3) is 5.91 Å². The number of carbonyl (C=O) groups excluding carboxylic acids is 2. The number of nitrogens with one attached hydrogen (secondary N) is 1. The number of piperidine rings is 1. The van der Waals surface area contributed by atoms with E-state index in [9.17, 15) is 14.0 Å². The first-order chi connectivity index (χ1) is 12.4. The molecule has 138 valence electrons. The lowest BCUT2D eigenvalue weighted by Gasteiger charge is -2.31. The van der Waals surface area contributed by atoms with Gasteiger partial charge in [-0.3, -0.25) is 14.3 Å². The predicted octanol–water partition coefficient (Wildman–Crippen LogP) is 2.04. The van der Waals surface area contributed by atoms with Crippen LogP contribution < -0.4 is 5.32 Å². The van der Waals surface area contributed by atoms with Crippen molar-refractivity contribution in [1.29, 1.82) is 0 Å². The van der Waals surface area contributed by atoms with Gasteiger partial charge >= 0.3 is 0 Å². The van der Waals surface area contributed by atoms with Crippen LogP contribution in [0.1, 0.15) is 34.3 Å². The topological polar surface area (TPSA) is 67.2 Å². The molecule has 1 aliphatic rings. The van der Waals surface area contributed by atoms with Crippen molar-refractivity contribution in [2.75, 3.05) is 13.1 Å². The van der Waals surface area contributed by atoms with Crippen LogP contribution in [-0.4, -0.2) is 39.6 Å². The summed E-state index contributed by atoms with van der Waals surface area (Å²) in [6.07, 6.45) is 4.50. The standard InChI is InChI=1S/C19H23FN4O2/c1-13-3-4-14(9-17(13)20)10-21-18(25)15-5-7-24(8-6-15)19(26)16-11-22-23(2)12-16/h3-4,9,11-12,15H,5-8,10H2,1-2H3,(H,21,25). The van der Waals surface area contributed by atoms with E-state index in [2.05, 4.69) is 10.4 Å². The van der Waals surface area contributed by atoms with Crippen LogP contribution in [0.3, 0.4) is 0 Å². The summed E-state index contributed by atoms with van der Waals surface area (Å²) in [7, 11) is 1.77. The number of amides is 2. The van der Waals surface area contributed by atoms with E-state index >= 15 is 0 Å². The maximum atomic E-state index is 13.6. The summed E-state index contributed by atoms with van der Waals surface area (Å²) < 4.78 is 15.2. The first kappa shape index (κ1) is 18.1. The van der Waals surface area contributed by atoms with Gasteiger partial charge in [-0.25, -0.2) is 4.39 Å². The Bertz CT molecular complexity index is 810. The number of aryl methyl sites for hydroxylation is 2. The monoisotopic (exact) mass is 358 g/mol. The Hall–Kier alpha value is -2.70. The second kappa shape index (κ2) is 7.68. The van der Waals surface area contributed by atoms with Crippen LogP contribution in [0.25, 0.3) is 0 Å². The third-order valence-electron chi connectivity index (χ3n) is 4.81. The number of benzene rings is 1. The molecule has 0 bridgehead atoms. The summed E-state index contributed by atoms with van der Waals surface area (Å²) in [6.45, 7) is 3.11. The lowest BCUT2D eigenvalue weighted by Crippen LogP contribution is -2.42. The van der Waals surface area contributed by atoms with Crippen molar-refractivity contribution in [3.8, 4) is 0 Å². The molecule has 26 heavy (non-hydrogen) atoms. The van der Waals surface area contributed by atoms with Gasteiger partial charge < -0.3 is 10.2 Å². The Morgan fingerprint density at radius 1 is 1.31 bits per heavy atom. The molecule has 1 fully saturated rings. The Kier molecular flexibility index (Phi) is 5.35. The second-order valence-corrected chi connectivity index (χ2v) is 6.77. The fraction of sp³-hybridized carbons (Fsp3) is 0.421. The average molecular weight is 358 g/mol. The zero-order valence-corrected chi connectivity index (χ0v) is 15.0. The average Bonchev–Trinajstić information content (AvgIpc) is 3.08. The van der Waals surface area contributed by atoms with Gasteiger partial charge in [0.05, 0.1) is 11.8 Å². The SMILES string of the molecule is Cc1ccc(CNC(=O)C2CCN(C(=O)c3cnn(C)c3)CC2)cc1F. The molecule has 0 spiro atoms. The molecule has 0 aliphatic carbocycles. The number of aromatic nitrogens is 2. The van der Waals surface area contributed by atoms with Gasteiger partial charge in [0.2, 0.25) is 5.91 Å². The van der Waals surface area contributed by atoms with Crippen LogP contribution in [-0.2, 0) is 18.4 Å². The zero-order chi connectivity index (χ0) is 18.7. The number of nitrogens with zero attached hydrogens (tertiary/aromatic N) is 3. The number of likely N-dealkylation sites (tertiary alicyclic amines) is 1. The number of rotatable bonds is 4. The highest BCUT2D eigenvalue weighted by atomic mass is 19.1. The molecular formula is C19H23FN4O2. The molecule has 0 unspecified atom stereocenters. The van der Waals surface area contributed by atoms with Gasteiger partial charge in [0.1, 0.15) is 5.82 Å². The van der Waals surface area contributed by atoms with E-state index in [1.807, 2.05) is 6.07 Å². The fourth-order valence-electron chi connectivity index (χ4n) is 3.14. The molecule has 0 radical (unpaired) electrons. The quantitative estimate of drug-likeness (QED) is 0.909. The molecule has 1 aromatic carbocycles. The molecule has 0 atom stereocenters. The summed E-state index contributed by atoms with van der Waals surface area (Å²) >= 11 is 0. The summed E-state index contributed by atoms with van der Waals surface area (Å²) in [4.78, 5) is 26.5. The van der Waals surface area contributed by atoms with Gasteiger partial charge in [-0.15, -0.1) is 0 Å². The van der Waals surface area contributed by atoms with E-state index in [1.54, 1.807) is 42.0 Å². The van der Waals surface area contributed by atoms with Crippen LogP contribution in [0.15, 0.2) is 30.6 Å². The molecule has 1 aromatic heterocycles. The normalized spacial score (nSPS) is 15.1. The highest BCUT2D eigenvalue weighted by molar-refractivity contribution is 5.94. The van der Waals surface area contributed by atoms with Crippen molar-refractivity contribution in [3.63, 3.8) is 0 Å². The van der Waals surface area contributed by atoms with Crippen molar-refractivity contribution in [1.82, 2.24) is 20.0 Å². The lowest BCUT2D eigenvalue weighted by atomic mass is 9.95. The summed E-state index contributed by atoms with van der Waals surface area (Å²) in [5.41, 5.74) is 1.90. The van der Waals surface area contributed by atoms with Crippen LogP contribution in [0, 0.1) is 18.7 Å². The van der Waals surface area contributed by atoms with Crippen molar-refractivity contribution in [3.05, 3.63) is 53.1 Å². The molecule has 1 N–H and O–H groups in total. The fourth-order valence-corrected chi connectivity index (χ4v) is 3.14. The van der Waals surface area contributed by atoms with E-state index in [-0.39, 0.29) is 23.5 Å². The minimum absolute atomic E-state index is 0.0422. The molecule has 2 aromatic rings. The number of hydrogen-bond donors (Lipinski definition) is 1. The maximum absolute atomic E-state index is 13.6. The highest BCUT2D eigenvalue weighted by Gasteiger charge is 2.28. The second-order valence-electron chi connectivity index (χ2n) is 6.77. The molecule has 3 rings (SSSR count). The first-order valence-corrected chi connectivity index (χ1v) is 8.74. The number of hydrogen-bond acceptors (Lipinski definition) is 3. The van der Waals surface area contributed by atoms with Gasteiger partial charge in [-0.1, -0.05) is 12.1 Å². The summed E-state index contributed by atoms with van der Waals surface area (Å²) in [5, 5.41) is 6.89. The highest BCUT2D eigenvalue weighted by Crippen LogP contribution is 2.19. The predicted molar refractivity (Wildman–Crippen MR) is 94.8 cm³/mol. The van der Waals surface area contributed by atoms with Crippen molar-refractivity contribution >= 4 is 11.8 Å². The van der Waals surface area contributed by atoms with Crippen molar-refractivity contribution in [2.45, 2.75) is 26.3 Å². The van der Waals surface area contributed by atoms with Crippen LogP contribution in [0.4, 0.5) is 4.39 Å². The van der Waals surface area contributed by atoms with Gasteiger partial charge in [-0.2, -0.15) is 5.10 Å². The van der Waals surface area contributed by atoms with Crippen LogP contribution in [0.5, 0.6) is 0 Å². The lowest BCUT2D eigenvalue weighted by molar-refractivity contribution is -0.126. The van der Waals surface area contributed by atoms with E-state index in [4.69, 9.17) is 0 Å². The van der Waals surface area contributed by atoms with Crippen LogP contribution in [0.2, 0.25) is 0 Å². The van der Waals surface area contributed by atoms with Crippen LogP contribution >= 0.6 is 0 Å². The Morgan fingerprint density at radius 3 is 2.65 bits per heavy atom. The van der Waals surface area contributed by atoms with E-state index in [0.29, 0.717) is 43.6 Å². The summed E-state index contributed by atoms with van der Waals surface area (Å²) in [5.74, 6) is -0.478. The molecule has 6 nitrogen and oxygen atoms in total. The van der Waals surface area contributed by atoms with Gasteiger partial charge in [-0.05, 0) is 37.0 Å². The summed E-state index contributed by atoms with van der Waals surface area (Å²) in [6, 6.07) is 4.97. The van der Waals surface area contributed by atoms with E-state index in [1.165, 1.54) is 6.07 Å². The van der Waals surface area contributed by atoms with Crippen molar-refractivity contribution < 1.29 is 14.0 Å². The molecule has 2 amide bonds. The largest absolute Gasteiger partial charge is 0.352 e. The van der Waals surface area contributed by atoms with E-state index < -0.39 is 0 Å². The molecular weight excluding hydrogens is 335 g/mol. The third kappa shape index (κ3) is 4.09. The molecule has 7 heteroatoms. The number of halogens is 1. The zero-order valence-electron chi connectivity index (χ0n) is 15.0.